The first-order chi connectivity index (χ1) is 17.8. The molecule has 11 nitrogen and oxygen atoms in total. The van der Waals surface area contributed by atoms with Gasteiger partial charge in [0.1, 0.15) is 5.69 Å². The van der Waals surface area contributed by atoms with E-state index in [4.69, 9.17) is 4.74 Å². The molecule has 0 saturated carbocycles. The molecule has 2 amide bonds. The number of nitrogens with zero attached hydrogens (tertiary/aromatic N) is 4. The highest BCUT2D eigenvalue weighted by molar-refractivity contribution is 7.92. The van der Waals surface area contributed by atoms with Crippen molar-refractivity contribution in [1.82, 2.24) is 19.9 Å². The van der Waals surface area contributed by atoms with E-state index in [9.17, 15) is 18.0 Å². The fourth-order valence-corrected chi connectivity index (χ4v) is 5.25. The third kappa shape index (κ3) is 5.75. The molecule has 0 radical (unpaired) electrons. The van der Waals surface area contributed by atoms with Crippen molar-refractivity contribution in [3.05, 3.63) is 66.6 Å². The van der Waals surface area contributed by atoms with Crippen molar-refractivity contribution in [1.29, 1.82) is 0 Å². The van der Waals surface area contributed by atoms with E-state index in [1.54, 1.807) is 47.5 Å². The number of rotatable bonds is 6. The molecule has 37 heavy (non-hydrogen) atoms. The number of carbonyl (C=O) groups excluding carboxylic acids is 2. The van der Waals surface area contributed by atoms with Gasteiger partial charge in [-0.2, -0.15) is 0 Å². The number of fused-ring (bicyclic) bond motifs is 1. The average molecular weight is 523 g/mol. The molecule has 2 saturated heterocycles. The zero-order valence-electron chi connectivity index (χ0n) is 20.1. The summed E-state index contributed by atoms with van der Waals surface area (Å²) >= 11 is 0. The summed E-state index contributed by atoms with van der Waals surface area (Å²) in [6.45, 7) is 0.766. The number of benzene rings is 1. The molecule has 5 rings (SSSR count). The first kappa shape index (κ1) is 24.8. The van der Waals surface area contributed by atoms with Crippen LogP contribution in [0.25, 0.3) is 11.5 Å². The van der Waals surface area contributed by atoms with Crippen LogP contribution in [0.4, 0.5) is 11.4 Å². The van der Waals surface area contributed by atoms with Gasteiger partial charge in [0.2, 0.25) is 15.9 Å². The van der Waals surface area contributed by atoms with Gasteiger partial charge in [0.15, 0.2) is 5.82 Å². The number of amides is 2. The van der Waals surface area contributed by atoms with Crippen molar-refractivity contribution in [3.63, 3.8) is 0 Å². The minimum atomic E-state index is -3.39. The minimum Gasteiger partial charge on any atom is -0.376 e. The van der Waals surface area contributed by atoms with E-state index in [1.807, 2.05) is 6.07 Å². The van der Waals surface area contributed by atoms with Gasteiger partial charge in [-0.25, -0.2) is 18.4 Å². The Morgan fingerprint density at radius 3 is 2.43 bits per heavy atom. The van der Waals surface area contributed by atoms with E-state index in [-0.39, 0.29) is 30.5 Å². The summed E-state index contributed by atoms with van der Waals surface area (Å²) in [6.07, 6.45) is 6.66. The van der Waals surface area contributed by atoms with Gasteiger partial charge < -0.3 is 15.0 Å². The van der Waals surface area contributed by atoms with Crippen LogP contribution in [0.15, 0.2) is 61.1 Å². The molecule has 0 bridgehead atoms. The zero-order valence-corrected chi connectivity index (χ0v) is 20.9. The molecule has 12 heteroatoms. The molecular formula is C25H26N6O5S. The van der Waals surface area contributed by atoms with Crippen LogP contribution in [-0.2, 0) is 19.6 Å². The van der Waals surface area contributed by atoms with Gasteiger partial charge in [-0.3, -0.25) is 19.3 Å². The van der Waals surface area contributed by atoms with Gasteiger partial charge in [-0.05, 0) is 49.2 Å². The molecule has 0 spiro atoms. The summed E-state index contributed by atoms with van der Waals surface area (Å²) in [5.41, 5.74) is 1.87. The Morgan fingerprint density at radius 1 is 1.03 bits per heavy atom. The zero-order chi connectivity index (χ0) is 26.0. The molecule has 3 atom stereocenters. The van der Waals surface area contributed by atoms with Crippen molar-refractivity contribution < 1.29 is 22.7 Å². The maximum atomic E-state index is 13.5. The number of aromatic nitrogens is 3. The highest BCUT2D eigenvalue weighted by atomic mass is 32.2. The summed E-state index contributed by atoms with van der Waals surface area (Å²) in [5, 5.41) is 2.87. The van der Waals surface area contributed by atoms with Gasteiger partial charge in [-0.15, -0.1) is 0 Å². The number of carbonyl (C=O) groups is 2. The lowest BCUT2D eigenvalue weighted by atomic mass is 9.89. The van der Waals surface area contributed by atoms with Crippen LogP contribution >= 0.6 is 0 Å². The predicted octanol–water partition coefficient (Wildman–Crippen LogP) is 2.17. The van der Waals surface area contributed by atoms with Crippen LogP contribution in [0.5, 0.6) is 0 Å². The summed E-state index contributed by atoms with van der Waals surface area (Å²) in [4.78, 5) is 41.1. The summed E-state index contributed by atoms with van der Waals surface area (Å²) in [5.74, 6) is -0.544. The number of sulfonamides is 1. The fourth-order valence-electron chi connectivity index (χ4n) is 4.68. The highest BCUT2D eigenvalue weighted by Crippen LogP contribution is 2.33. The van der Waals surface area contributed by atoms with E-state index in [2.05, 4.69) is 25.0 Å². The van der Waals surface area contributed by atoms with Gasteiger partial charge in [-0.1, -0.05) is 6.07 Å². The monoisotopic (exact) mass is 522 g/mol. The van der Waals surface area contributed by atoms with E-state index in [0.717, 1.165) is 6.26 Å². The maximum absolute atomic E-state index is 13.5. The molecule has 0 aliphatic carbocycles. The van der Waals surface area contributed by atoms with Crippen molar-refractivity contribution in [2.75, 3.05) is 29.4 Å². The molecule has 2 N–H and O–H groups in total. The third-order valence-corrected chi connectivity index (χ3v) is 7.00. The molecule has 1 unspecified atom stereocenters. The second kappa shape index (κ2) is 10.2. The van der Waals surface area contributed by atoms with Crippen LogP contribution < -0.4 is 10.0 Å². The quantitative estimate of drug-likeness (QED) is 0.501. The van der Waals surface area contributed by atoms with E-state index in [1.165, 1.54) is 12.4 Å². The van der Waals surface area contributed by atoms with Crippen LogP contribution in [0.2, 0.25) is 0 Å². The van der Waals surface area contributed by atoms with E-state index < -0.39 is 15.9 Å². The Bertz CT molecular complexity index is 1380. The summed E-state index contributed by atoms with van der Waals surface area (Å²) < 4.78 is 31.0. The Labute approximate surface area is 214 Å². The molecule has 3 aromatic rings. The number of ether oxygens (including phenoxy) is 1. The molecule has 192 valence electrons. The lowest BCUT2D eigenvalue weighted by molar-refractivity contribution is -0.123. The van der Waals surface area contributed by atoms with Crippen molar-refractivity contribution in [2.45, 2.75) is 25.0 Å². The molecule has 2 aromatic heterocycles. The lowest BCUT2D eigenvalue weighted by Gasteiger charge is -2.40. The molecule has 4 heterocycles. The van der Waals surface area contributed by atoms with E-state index >= 15 is 0 Å². The van der Waals surface area contributed by atoms with Crippen LogP contribution in [0.1, 0.15) is 23.2 Å². The highest BCUT2D eigenvalue weighted by Gasteiger charge is 2.44. The normalized spacial score (nSPS) is 21.2. The third-order valence-electron chi connectivity index (χ3n) is 6.39. The second-order valence-corrected chi connectivity index (χ2v) is 10.9. The Morgan fingerprint density at radius 2 is 1.76 bits per heavy atom. The average Bonchev–Trinajstić information content (AvgIpc) is 3.37. The maximum Gasteiger partial charge on any atom is 0.257 e. The number of hydrogen-bond acceptors (Lipinski definition) is 8. The number of nitrogens with one attached hydrogen (secondary N) is 2. The second-order valence-electron chi connectivity index (χ2n) is 9.11. The topological polar surface area (TPSA) is 143 Å². The van der Waals surface area contributed by atoms with Gasteiger partial charge in [0.05, 0.1) is 29.9 Å². The molecule has 1 aromatic carbocycles. The minimum absolute atomic E-state index is 0.117. The molecular weight excluding hydrogens is 496 g/mol. The van der Waals surface area contributed by atoms with Crippen molar-refractivity contribution >= 4 is 33.2 Å². The number of hydrogen-bond donors (Lipinski definition) is 2. The predicted molar refractivity (Wildman–Crippen MR) is 136 cm³/mol. The van der Waals surface area contributed by atoms with Gasteiger partial charge in [0.25, 0.3) is 5.91 Å². The van der Waals surface area contributed by atoms with Crippen LogP contribution in [0.3, 0.4) is 0 Å². The van der Waals surface area contributed by atoms with E-state index in [0.29, 0.717) is 47.9 Å². The Kier molecular flexibility index (Phi) is 6.85. The molecule has 2 aliphatic rings. The van der Waals surface area contributed by atoms with Crippen LogP contribution in [0, 0.1) is 5.92 Å². The smallest absolute Gasteiger partial charge is 0.257 e. The van der Waals surface area contributed by atoms with Crippen molar-refractivity contribution in [3.8, 4) is 11.5 Å². The Balaban J connectivity index is 1.29. The summed E-state index contributed by atoms with van der Waals surface area (Å²) in [6, 6.07) is 11.7. The standard InChI is InChI=1S/C25H26N6O5S/c1-37(34,35)30-19-7-5-18(6-8-19)29-24(32)16-12-22-21(9-11-36-22)31(15-16)25(33)17-13-27-23(28-14-17)20-4-2-3-10-26-20/h2-8,10,13-14,16,21-22,30H,9,11-12,15H2,1H3,(H,29,32)/t16?,21-,22-/m0/s1. The number of piperidine rings is 1. The van der Waals surface area contributed by atoms with Crippen LogP contribution in [-0.4, -0.2) is 71.6 Å². The first-order valence-corrected chi connectivity index (χ1v) is 13.7. The Hall–Kier alpha value is -3.90. The molecule has 2 aliphatic heterocycles. The number of anilines is 2. The summed E-state index contributed by atoms with van der Waals surface area (Å²) in [7, 11) is -3.39. The largest absolute Gasteiger partial charge is 0.376 e. The fraction of sp³-hybridized carbons (Fsp3) is 0.320. The van der Waals surface area contributed by atoms with Crippen molar-refractivity contribution in [2.24, 2.45) is 5.92 Å². The molecule has 2 fully saturated rings. The SMILES string of the molecule is CS(=O)(=O)Nc1ccc(NC(=O)C2C[C@@H]3OCC[C@@H]3N(C(=O)c3cnc(-c4ccccn4)nc3)C2)cc1. The number of likely N-dealkylation sites (tertiary alicyclic amines) is 1. The lowest BCUT2D eigenvalue weighted by Crippen LogP contribution is -2.54. The number of pyridine rings is 1. The first-order valence-electron chi connectivity index (χ1n) is 11.8. The van der Waals surface area contributed by atoms with Gasteiger partial charge >= 0.3 is 0 Å². The van der Waals surface area contributed by atoms with Gasteiger partial charge in [0, 0.05) is 43.1 Å².